The molecule has 0 fully saturated rings. The van der Waals surface area contributed by atoms with Gasteiger partial charge in [0.1, 0.15) is 11.0 Å². The molecule has 2 rings (SSSR count). The van der Waals surface area contributed by atoms with Gasteiger partial charge >= 0.3 is 0 Å². The summed E-state index contributed by atoms with van der Waals surface area (Å²) in [7, 11) is 0. The van der Waals surface area contributed by atoms with Crippen molar-refractivity contribution in [1.29, 1.82) is 0 Å². The Hall–Kier alpha value is -1.86. The highest BCUT2D eigenvalue weighted by atomic mass is 35.5. The van der Waals surface area contributed by atoms with Crippen molar-refractivity contribution in [3.05, 3.63) is 47.1 Å². The third-order valence-corrected chi connectivity index (χ3v) is 3.41. The number of nitrogens with zero attached hydrogens (tertiary/aromatic N) is 1. The third kappa shape index (κ3) is 4.30. The van der Waals surface area contributed by atoms with Crippen LogP contribution >= 0.6 is 23.4 Å². The zero-order chi connectivity index (χ0) is 15.4. The second-order valence-corrected chi connectivity index (χ2v) is 5.35. The van der Waals surface area contributed by atoms with Crippen LogP contribution in [-0.2, 0) is 0 Å². The number of anilines is 2. The Bertz CT molecular complexity index is 649. The molecule has 0 aliphatic carbocycles. The first-order valence-electron chi connectivity index (χ1n) is 5.74. The van der Waals surface area contributed by atoms with E-state index in [0.29, 0.717) is 17.4 Å². The third-order valence-electron chi connectivity index (χ3n) is 2.43. The number of thioether (sulfide) groups is 1. The fourth-order valence-electron chi connectivity index (χ4n) is 1.61. The second-order valence-electron chi connectivity index (χ2n) is 3.93. The number of alkyl halides is 2. The van der Waals surface area contributed by atoms with Crippen molar-refractivity contribution in [2.75, 3.05) is 11.1 Å². The van der Waals surface area contributed by atoms with Gasteiger partial charge in [-0.05, 0) is 24.3 Å². The van der Waals surface area contributed by atoms with Gasteiger partial charge in [0.15, 0.2) is 0 Å². The van der Waals surface area contributed by atoms with E-state index in [1.54, 1.807) is 12.1 Å². The average Bonchev–Trinajstić information content (AvgIpc) is 2.39. The predicted octanol–water partition coefficient (Wildman–Crippen LogP) is 3.88. The Kier molecular flexibility index (Phi) is 4.98. The Morgan fingerprint density at radius 2 is 2.05 bits per heavy atom. The van der Waals surface area contributed by atoms with Crippen molar-refractivity contribution in [2.24, 2.45) is 0 Å². The molecule has 1 aromatic heterocycles. The van der Waals surface area contributed by atoms with E-state index < -0.39 is 11.7 Å². The van der Waals surface area contributed by atoms with Crippen molar-refractivity contribution in [3.8, 4) is 0 Å². The van der Waals surface area contributed by atoms with Crippen LogP contribution in [0.4, 0.5) is 20.3 Å². The molecule has 0 atom stereocenters. The molecule has 0 unspecified atom stereocenters. The fraction of sp³-hybridized carbons (Fsp3) is 0.0769. The smallest absolute Gasteiger partial charge is 0.288 e. The monoisotopic (exact) mass is 329 g/mol. The van der Waals surface area contributed by atoms with Gasteiger partial charge in [-0.25, -0.2) is 4.98 Å². The largest absolute Gasteiger partial charge is 0.384 e. The van der Waals surface area contributed by atoms with Crippen LogP contribution in [0.1, 0.15) is 10.4 Å². The van der Waals surface area contributed by atoms with Crippen LogP contribution in [0.5, 0.6) is 0 Å². The molecule has 0 saturated heterocycles. The number of pyridine rings is 1. The quantitative estimate of drug-likeness (QED) is 0.659. The van der Waals surface area contributed by atoms with Gasteiger partial charge < -0.3 is 11.1 Å². The summed E-state index contributed by atoms with van der Waals surface area (Å²) in [4.78, 5) is 16.1. The molecule has 1 amide bonds. The summed E-state index contributed by atoms with van der Waals surface area (Å²) in [5.41, 5.74) is 6.00. The molecule has 2 aromatic rings. The van der Waals surface area contributed by atoms with Gasteiger partial charge in [0, 0.05) is 10.5 Å². The summed E-state index contributed by atoms with van der Waals surface area (Å²) >= 11 is 6.08. The molecule has 0 saturated carbocycles. The van der Waals surface area contributed by atoms with Crippen molar-refractivity contribution < 1.29 is 13.6 Å². The van der Waals surface area contributed by atoms with Gasteiger partial charge in [-0.2, -0.15) is 8.78 Å². The summed E-state index contributed by atoms with van der Waals surface area (Å²) in [6.45, 7) is 0. The van der Waals surface area contributed by atoms with Crippen LogP contribution in [0.2, 0.25) is 5.15 Å². The molecule has 110 valence electrons. The lowest BCUT2D eigenvalue weighted by atomic mass is 10.2. The first-order valence-corrected chi connectivity index (χ1v) is 6.99. The number of hydrogen-bond acceptors (Lipinski definition) is 4. The number of para-hydroxylation sites is 1. The number of rotatable bonds is 4. The topological polar surface area (TPSA) is 68.0 Å². The number of aromatic nitrogens is 1. The molecule has 21 heavy (non-hydrogen) atoms. The lowest BCUT2D eigenvalue weighted by molar-refractivity contribution is 0.102. The molecule has 0 aliphatic heterocycles. The number of carbonyl (C=O) groups excluding carboxylic acids is 1. The van der Waals surface area contributed by atoms with Crippen LogP contribution in [-0.4, -0.2) is 16.6 Å². The minimum absolute atomic E-state index is 0.0791. The van der Waals surface area contributed by atoms with Crippen LogP contribution in [0.15, 0.2) is 41.3 Å². The highest BCUT2D eigenvalue weighted by Gasteiger charge is 2.13. The Balaban J connectivity index is 2.23. The maximum absolute atomic E-state index is 12.5. The van der Waals surface area contributed by atoms with Gasteiger partial charge in [0.05, 0.1) is 5.69 Å². The average molecular weight is 330 g/mol. The number of benzene rings is 1. The van der Waals surface area contributed by atoms with Crippen molar-refractivity contribution in [3.63, 3.8) is 0 Å². The molecular formula is C13H10ClF2N3OS. The summed E-state index contributed by atoms with van der Waals surface area (Å²) in [5.74, 6) is -2.98. The SMILES string of the molecule is Nc1cc(C(=O)Nc2ccccc2SC(F)F)cc(Cl)n1. The second kappa shape index (κ2) is 6.73. The van der Waals surface area contributed by atoms with E-state index in [-0.39, 0.29) is 21.4 Å². The van der Waals surface area contributed by atoms with Gasteiger partial charge in [0.2, 0.25) is 0 Å². The Morgan fingerprint density at radius 3 is 2.71 bits per heavy atom. The highest BCUT2D eigenvalue weighted by Crippen LogP contribution is 2.31. The minimum atomic E-state index is -2.57. The number of hydrogen-bond donors (Lipinski definition) is 2. The zero-order valence-corrected chi connectivity index (χ0v) is 12.1. The van der Waals surface area contributed by atoms with Crippen molar-refractivity contribution in [1.82, 2.24) is 4.98 Å². The van der Waals surface area contributed by atoms with Crippen LogP contribution < -0.4 is 11.1 Å². The lowest BCUT2D eigenvalue weighted by Gasteiger charge is -2.10. The van der Waals surface area contributed by atoms with E-state index >= 15 is 0 Å². The van der Waals surface area contributed by atoms with E-state index in [0.717, 1.165) is 0 Å². The summed E-state index contributed by atoms with van der Waals surface area (Å²) in [6, 6.07) is 8.98. The molecular weight excluding hydrogens is 320 g/mol. The van der Waals surface area contributed by atoms with E-state index in [2.05, 4.69) is 10.3 Å². The standard InChI is InChI=1S/C13H10ClF2N3OS/c14-10-5-7(6-11(17)19-10)12(20)18-8-3-1-2-4-9(8)21-13(15)16/h1-6,13H,(H2,17,19)(H,18,20). The summed E-state index contributed by atoms with van der Waals surface area (Å²) < 4.78 is 24.9. The van der Waals surface area contributed by atoms with E-state index in [9.17, 15) is 13.6 Å². The molecule has 8 heteroatoms. The number of nitrogens with two attached hydrogens (primary N) is 1. The Morgan fingerprint density at radius 1 is 1.33 bits per heavy atom. The molecule has 0 spiro atoms. The number of carbonyl (C=O) groups is 1. The molecule has 4 nitrogen and oxygen atoms in total. The maximum Gasteiger partial charge on any atom is 0.288 e. The first-order chi connectivity index (χ1) is 9.95. The summed E-state index contributed by atoms with van der Waals surface area (Å²) in [6.07, 6.45) is 0. The highest BCUT2D eigenvalue weighted by molar-refractivity contribution is 7.99. The number of nitrogens with one attached hydrogen (secondary N) is 1. The van der Waals surface area contributed by atoms with Gasteiger partial charge in [-0.3, -0.25) is 4.79 Å². The predicted molar refractivity (Wildman–Crippen MR) is 79.9 cm³/mol. The molecule has 0 radical (unpaired) electrons. The summed E-state index contributed by atoms with van der Waals surface area (Å²) in [5, 5.41) is 2.63. The number of nitrogen functional groups attached to an aromatic ring is 1. The van der Waals surface area contributed by atoms with Crippen LogP contribution in [0, 0.1) is 0 Å². The van der Waals surface area contributed by atoms with Gasteiger partial charge in [-0.1, -0.05) is 35.5 Å². The number of halogens is 3. The van der Waals surface area contributed by atoms with Crippen molar-refractivity contribution in [2.45, 2.75) is 10.7 Å². The minimum Gasteiger partial charge on any atom is -0.384 e. The fourth-order valence-corrected chi connectivity index (χ4v) is 2.42. The molecule has 3 N–H and O–H groups in total. The molecule has 1 heterocycles. The molecule has 0 aliphatic rings. The van der Waals surface area contributed by atoms with E-state index in [1.807, 2.05) is 0 Å². The van der Waals surface area contributed by atoms with Crippen LogP contribution in [0.3, 0.4) is 0 Å². The first kappa shape index (κ1) is 15.5. The van der Waals surface area contributed by atoms with Crippen molar-refractivity contribution >= 4 is 40.8 Å². The zero-order valence-electron chi connectivity index (χ0n) is 10.5. The Labute approximate surface area is 128 Å². The van der Waals surface area contributed by atoms with Gasteiger partial charge in [-0.15, -0.1) is 0 Å². The van der Waals surface area contributed by atoms with Gasteiger partial charge in [0.25, 0.3) is 11.7 Å². The van der Waals surface area contributed by atoms with E-state index in [4.69, 9.17) is 17.3 Å². The van der Waals surface area contributed by atoms with E-state index in [1.165, 1.54) is 24.3 Å². The molecule has 0 bridgehead atoms. The maximum atomic E-state index is 12.5. The number of amides is 1. The lowest BCUT2D eigenvalue weighted by Crippen LogP contribution is -2.13. The normalized spacial score (nSPS) is 10.7. The molecule has 1 aromatic carbocycles. The van der Waals surface area contributed by atoms with Crippen LogP contribution in [0.25, 0.3) is 0 Å².